The summed E-state index contributed by atoms with van der Waals surface area (Å²) in [4.78, 5) is 21.0. The lowest BCUT2D eigenvalue weighted by Gasteiger charge is -2.42. The summed E-state index contributed by atoms with van der Waals surface area (Å²) in [5.41, 5.74) is -1.05. The summed E-state index contributed by atoms with van der Waals surface area (Å²) in [6.45, 7) is -1.07. The quantitative estimate of drug-likeness (QED) is 0.604. The number of aliphatic hydroxyl groups excluding tert-OH is 2. The van der Waals surface area contributed by atoms with E-state index >= 15 is 0 Å². The zero-order chi connectivity index (χ0) is 12.6. The number of nitrogens with one attached hydrogen (secondary N) is 1. The van der Waals surface area contributed by atoms with Crippen LogP contribution in [0.15, 0.2) is 6.20 Å². The molecule has 92 valence electrons. The Morgan fingerprint density at radius 3 is 2.76 bits per heavy atom. The van der Waals surface area contributed by atoms with Crippen molar-refractivity contribution in [2.45, 2.75) is 5.54 Å². The smallest absolute Gasteiger partial charge is 0.255 e. The van der Waals surface area contributed by atoms with E-state index in [-0.39, 0.29) is 5.28 Å². The number of likely N-dealkylation sites (N-methyl/N-ethyl adjacent to an activating group) is 1. The van der Waals surface area contributed by atoms with Gasteiger partial charge in [0, 0.05) is 7.05 Å². The van der Waals surface area contributed by atoms with Crippen molar-refractivity contribution in [3.63, 3.8) is 0 Å². The number of hydrogen-bond acceptors (Lipinski definition) is 6. The van der Waals surface area contributed by atoms with E-state index in [1.165, 1.54) is 11.1 Å². The monoisotopic (exact) mass is 258 g/mol. The molecule has 0 fully saturated rings. The maximum Gasteiger partial charge on any atom is 0.255 e. The molecule has 2 rings (SSSR count). The summed E-state index contributed by atoms with van der Waals surface area (Å²) in [6.07, 6.45) is 1.37. The first-order valence-corrected chi connectivity index (χ1v) is 5.22. The third kappa shape index (κ3) is 1.63. The predicted octanol–water partition coefficient (Wildman–Crippen LogP) is -0.758. The fourth-order valence-corrected chi connectivity index (χ4v) is 1.82. The molecular weight excluding hydrogens is 248 g/mol. The van der Waals surface area contributed by atoms with Crippen LogP contribution >= 0.6 is 11.6 Å². The zero-order valence-corrected chi connectivity index (χ0v) is 9.77. The van der Waals surface area contributed by atoms with E-state index in [9.17, 15) is 15.0 Å². The number of fused-ring (bicyclic) bond motifs is 1. The van der Waals surface area contributed by atoms with Crippen molar-refractivity contribution in [3.05, 3.63) is 11.5 Å². The standard InChI is InChI=1S/C9H11ClN4O3/c1-14-6-5(2-11-8(10)13-6)12-7(17)9(14,3-15)4-16/h2,15-16H,3-4H2,1H3,(H,12,17). The first-order valence-electron chi connectivity index (χ1n) is 4.84. The molecule has 1 aromatic heterocycles. The number of amides is 1. The van der Waals surface area contributed by atoms with Gasteiger partial charge in [-0.05, 0) is 11.6 Å². The molecule has 0 atom stereocenters. The topological polar surface area (TPSA) is 98.6 Å². The Bertz CT molecular complexity index is 464. The Labute approximate surface area is 102 Å². The number of aliphatic hydroxyl groups is 2. The molecule has 0 radical (unpaired) electrons. The number of rotatable bonds is 2. The van der Waals surface area contributed by atoms with Gasteiger partial charge >= 0.3 is 0 Å². The molecule has 1 aromatic rings. The Morgan fingerprint density at radius 1 is 1.53 bits per heavy atom. The van der Waals surface area contributed by atoms with E-state index in [1.54, 1.807) is 7.05 Å². The van der Waals surface area contributed by atoms with Crippen molar-refractivity contribution in [3.8, 4) is 0 Å². The van der Waals surface area contributed by atoms with Gasteiger partial charge in [0.15, 0.2) is 11.4 Å². The van der Waals surface area contributed by atoms with Gasteiger partial charge in [0.2, 0.25) is 5.28 Å². The van der Waals surface area contributed by atoms with Gasteiger partial charge in [-0.25, -0.2) is 4.98 Å². The van der Waals surface area contributed by atoms with Crippen molar-refractivity contribution >= 4 is 29.0 Å². The predicted molar refractivity (Wildman–Crippen MR) is 61.0 cm³/mol. The van der Waals surface area contributed by atoms with Crippen LogP contribution in [0.25, 0.3) is 0 Å². The van der Waals surface area contributed by atoms with Crippen LogP contribution in [0.3, 0.4) is 0 Å². The lowest BCUT2D eigenvalue weighted by Crippen LogP contribution is -2.63. The highest BCUT2D eigenvalue weighted by atomic mass is 35.5. The van der Waals surface area contributed by atoms with Crippen molar-refractivity contribution < 1.29 is 15.0 Å². The number of halogens is 1. The Balaban J connectivity index is 2.55. The molecule has 7 nitrogen and oxygen atoms in total. The van der Waals surface area contributed by atoms with Crippen LogP contribution < -0.4 is 10.2 Å². The highest BCUT2D eigenvalue weighted by Crippen LogP contribution is 2.33. The van der Waals surface area contributed by atoms with Crippen LogP contribution in [0.4, 0.5) is 11.5 Å². The normalized spacial score (nSPS) is 17.6. The fraction of sp³-hybridized carbons (Fsp3) is 0.444. The highest BCUT2D eigenvalue weighted by molar-refractivity contribution is 6.28. The molecule has 0 saturated carbocycles. The van der Waals surface area contributed by atoms with E-state index in [2.05, 4.69) is 15.3 Å². The van der Waals surface area contributed by atoms with Gasteiger partial charge in [0.1, 0.15) is 5.69 Å². The van der Waals surface area contributed by atoms with Gasteiger partial charge in [-0.1, -0.05) is 0 Å². The van der Waals surface area contributed by atoms with Gasteiger partial charge in [-0.2, -0.15) is 4.98 Å². The Kier molecular flexibility index (Phi) is 2.90. The van der Waals surface area contributed by atoms with Gasteiger partial charge in [0.05, 0.1) is 19.4 Å². The molecule has 17 heavy (non-hydrogen) atoms. The third-order valence-corrected chi connectivity index (χ3v) is 3.08. The van der Waals surface area contributed by atoms with Crippen LogP contribution in [0.2, 0.25) is 5.28 Å². The lowest BCUT2D eigenvalue weighted by molar-refractivity contribution is -0.124. The summed E-state index contributed by atoms with van der Waals surface area (Å²) in [5.74, 6) is -0.156. The average Bonchev–Trinajstić information content (AvgIpc) is 2.32. The lowest BCUT2D eigenvalue weighted by atomic mass is 9.96. The second kappa shape index (κ2) is 4.10. The molecule has 3 N–H and O–H groups in total. The molecule has 1 aliphatic heterocycles. The molecule has 0 aromatic carbocycles. The van der Waals surface area contributed by atoms with Crippen LogP contribution in [-0.2, 0) is 4.79 Å². The van der Waals surface area contributed by atoms with E-state index in [0.717, 1.165) is 0 Å². The molecule has 2 heterocycles. The minimum Gasteiger partial charge on any atom is -0.393 e. The summed E-state index contributed by atoms with van der Waals surface area (Å²) >= 11 is 5.67. The van der Waals surface area contributed by atoms with Crippen LogP contribution in [0.5, 0.6) is 0 Å². The molecule has 8 heteroatoms. The number of nitrogens with zero attached hydrogens (tertiary/aromatic N) is 3. The van der Waals surface area contributed by atoms with Crippen LogP contribution in [-0.4, -0.2) is 51.9 Å². The largest absolute Gasteiger partial charge is 0.393 e. The second-order valence-corrected chi connectivity index (χ2v) is 4.08. The van der Waals surface area contributed by atoms with Crippen molar-refractivity contribution in [2.75, 3.05) is 30.5 Å². The van der Waals surface area contributed by atoms with Crippen LogP contribution in [0, 0.1) is 0 Å². The minimum absolute atomic E-state index is 0.0246. The summed E-state index contributed by atoms with van der Waals surface area (Å²) in [6, 6.07) is 0. The second-order valence-electron chi connectivity index (χ2n) is 3.74. The first kappa shape index (κ1) is 12.0. The summed E-state index contributed by atoms with van der Waals surface area (Å²) in [5, 5.41) is 21.2. The molecule has 0 saturated heterocycles. The number of aromatic nitrogens is 2. The molecular formula is C9H11ClN4O3. The number of hydrogen-bond donors (Lipinski definition) is 3. The van der Waals surface area contributed by atoms with E-state index in [4.69, 9.17) is 11.6 Å². The van der Waals surface area contributed by atoms with Gasteiger partial charge in [-0.15, -0.1) is 0 Å². The molecule has 0 aliphatic carbocycles. The molecule has 1 amide bonds. The maximum absolute atomic E-state index is 11.9. The third-order valence-electron chi connectivity index (χ3n) is 2.89. The number of carbonyl (C=O) groups excluding carboxylic acids is 1. The SMILES string of the molecule is CN1c2nc(Cl)ncc2NC(=O)C1(CO)CO. The Morgan fingerprint density at radius 2 is 2.18 bits per heavy atom. The molecule has 0 bridgehead atoms. The Hall–Kier alpha value is -1.44. The van der Waals surface area contributed by atoms with E-state index in [0.29, 0.717) is 11.5 Å². The van der Waals surface area contributed by atoms with E-state index < -0.39 is 24.7 Å². The number of carbonyl (C=O) groups is 1. The highest BCUT2D eigenvalue weighted by Gasteiger charge is 2.46. The minimum atomic E-state index is -1.44. The van der Waals surface area contributed by atoms with Gasteiger partial charge in [0.25, 0.3) is 5.91 Å². The zero-order valence-electron chi connectivity index (χ0n) is 9.01. The van der Waals surface area contributed by atoms with Gasteiger partial charge in [-0.3, -0.25) is 4.79 Å². The van der Waals surface area contributed by atoms with Crippen LogP contribution in [0.1, 0.15) is 0 Å². The van der Waals surface area contributed by atoms with E-state index in [1.807, 2.05) is 0 Å². The molecule has 0 spiro atoms. The fourth-order valence-electron chi connectivity index (χ4n) is 1.70. The first-order chi connectivity index (χ1) is 8.05. The molecule has 1 aliphatic rings. The summed E-state index contributed by atoms with van der Waals surface area (Å²) < 4.78 is 0. The van der Waals surface area contributed by atoms with Crippen molar-refractivity contribution in [2.24, 2.45) is 0 Å². The average molecular weight is 259 g/mol. The number of anilines is 2. The van der Waals surface area contributed by atoms with Gasteiger partial charge < -0.3 is 20.4 Å². The maximum atomic E-state index is 11.9. The van der Waals surface area contributed by atoms with Crippen molar-refractivity contribution in [1.82, 2.24) is 9.97 Å². The van der Waals surface area contributed by atoms with Crippen molar-refractivity contribution in [1.29, 1.82) is 0 Å². The summed E-state index contributed by atoms with van der Waals surface area (Å²) in [7, 11) is 1.55. The molecule has 0 unspecified atom stereocenters.